The van der Waals surface area contributed by atoms with Crippen molar-refractivity contribution < 1.29 is 69.3 Å². The molecule has 0 unspecified atom stereocenters. The second-order valence-electron chi connectivity index (χ2n) is 10.1. The van der Waals surface area contributed by atoms with Crippen LogP contribution in [0.1, 0.15) is 6.92 Å². The van der Waals surface area contributed by atoms with Crippen LogP contribution in [0.25, 0.3) is 22.3 Å². The molecule has 3 heterocycles. The minimum Gasteiger partial charge on any atom is -0.508 e. The summed E-state index contributed by atoms with van der Waals surface area (Å²) in [7, 11) is 0. The fourth-order valence-electron chi connectivity index (χ4n) is 4.87. The Morgan fingerprint density at radius 3 is 2.17 bits per heavy atom. The van der Waals surface area contributed by atoms with E-state index in [0.717, 1.165) is 12.1 Å². The van der Waals surface area contributed by atoms with Crippen LogP contribution in [0.4, 0.5) is 0 Å². The van der Waals surface area contributed by atoms with Gasteiger partial charge in [-0.05, 0) is 31.2 Å². The van der Waals surface area contributed by atoms with Gasteiger partial charge in [-0.2, -0.15) is 0 Å². The first-order chi connectivity index (χ1) is 19.9. The molecule has 0 radical (unpaired) electrons. The second-order valence-corrected chi connectivity index (χ2v) is 10.1. The predicted octanol–water partition coefficient (Wildman–Crippen LogP) is -1.39. The first kappa shape index (κ1) is 30.0. The molecule has 2 aromatic carbocycles. The highest BCUT2D eigenvalue weighted by Gasteiger charge is 2.51. The van der Waals surface area contributed by atoms with Crippen LogP contribution in [0.5, 0.6) is 23.0 Å². The molecule has 42 heavy (non-hydrogen) atoms. The minimum atomic E-state index is -1.87. The Morgan fingerprint density at radius 2 is 1.50 bits per heavy atom. The standard InChI is InChI=1S/C27H30O15/c1-9-17(32)20(35)22(37)26(38-9)42-25-21(36)18(33)15(8-28)40-27(25)41-24-19(34)16-13(31)6-12(30)7-14(16)39-23(24)10-2-4-11(29)5-3-10/h2-7,9,15,17-18,20-22,25-33,35-37H,8H2,1H3/t9-,15-,17+,18-,20-,21+,22-,25+,26+,27+/m1/s1. The van der Waals surface area contributed by atoms with Gasteiger partial charge in [0.2, 0.25) is 17.5 Å². The van der Waals surface area contributed by atoms with Crippen molar-refractivity contribution in [2.75, 3.05) is 6.61 Å². The van der Waals surface area contributed by atoms with E-state index in [1.165, 1.54) is 31.2 Å². The Labute approximate surface area is 236 Å². The lowest BCUT2D eigenvalue weighted by Crippen LogP contribution is -2.64. The zero-order chi connectivity index (χ0) is 30.5. The SMILES string of the molecule is C[C@H]1O[C@@H](O[C@@H]2[C@H](Oc3c(-c4ccc(O)cc4)oc4cc(O)cc(O)c4c3=O)O[C@H](CO)[C@@H](O)[C@@H]2O)[C@H](O)[C@H](O)[C@H]1O. The summed E-state index contributed by atoms with van der Waals surface area (Å²) in [6, 6.07) is 7.31. The van der Waals surface area contributed by atoms with Crippen molar-refractivity contribution in [1.29, 1.82) is 0 Å². The lowest BCUT2D eigenvalue weighted by Gasteiger charge is -2.45. The number of aliphatic hydroxyl groups excluding tert-OH is 6. The molecule has 0 amide bonds. The molecule has 1 aromatic heterocycles. The fourth-order valence-corrected chi connectivity index (χ4v) is 4.87. The van der Waals surface area contributed by atoms with Crippen molar-refractivity contribution in [3.8, 4) is 34.3 Å². The summed E-state index contributed by atoms with van der Waals surface area (Å²) in [4.78, 5) is 13.7. The van der Waals surface area contributed by atoms with Crippen LogP contribution in [0.15, 0.2) is 45.6 Å². The Kier molecular flexibility index (Phi) is 8.30. The molecule has 2 aliphatic heterocycles. The summed E-state index contributed by atoms with van der Waals surface area (Å²) in [5.74, 6) is -2.03. The van der Waals surface area contributed by atoms with E-state index in [4.69, 9.17) is 23.4 Å². The van der Waals surface area contributed by atoms with E-state index in [0.29, 0.717) is 0 Å². The Hall–Kier alpha value is -3.51. The van der Waals surface area contributed by atoms with Crippen molar-refractivity contribution in [2.45, 2.75) is 68.3 Å². The van der Waals surface area contributed by atoms with Crippen molar-refractivity contribution in [3.63, 3.8) is 0 Å². The quantitative estimate of drug-likeness (QED) is 0.159. The number of aliphatic hydroxyl groups is 6. The average Bonchev–Trinajstić information content (AvgIpc) is 2.95. The van der Waals surface area contributed by atoms with Crippen molar-refractivity contribution in [1.82, 2.24) is 0 Å². The van der Waals surface area contributed by atoms with Crippen LogP contribution < -0.4 is 10.2 Å². The third kappa shape index (κ3) is 5.37. The maximum absolute atomic E-state index is 13.7. The molecule has 3 aromatic rings. The van der Waals surface area contributed by atoms with Crippen molar-refractivity contribution >= 4 is 11.0 Å². The normalized spacial score (nSPS) is 33.5. The second kappa shape index (κ2) is 11.6. The summed E-state index contributed by atoms with van der Waals surface area (Å²) in [6.07, 6.45) is -16.3. The number of phenolic OH excluding ortho intramolecular Hbond substituents is 3. The fraction of sp³-hybridized carbons (Fsp3) is 0.444. The number of benzene rings is 2. The van der Waals surface area contributed by atoms with E-state index in [1.807, 2.05) is 0 Å². The number of hydrogen-bond donors (Lipinski definition) is 9. The molecular weight excluding hydrogens is 564 g/mol. The molecular formula is C27H30O15. The molecule has 5 rings (SSSR count). The van der Waals surface area contributed by atoms with E-state index in [1.54, 1.807) is 0 Å². The summed E-state index contributed by atoms with van der Waals surface area (Å²) in [5, 5.41) is 91.6. The zero-order valence-electron chi connectivity index (χ0n) is 21.9. The van der Waals surface area contributed by atoms with Gasteiger partial charge in [0.25, 0.3) is 0 Å². The monoisotopic (exact) mass is 594 g/mol. The lowest BCUT2D eigenvalue weighted by molar-refractivity contribution is -0.354. The van der Waals surface area contributed by atoms with Crippen LogP contribution in [-0.2, 0) is 14.2 Å². The molecule has 0 bridgehead atoms. The van der Waals surface area contributed by atoms with Crippen molar-refractivity contribution in [3.05, 3.63) is 46.6 Å². The van der Waals surface area contributed by atoms with Gasteiger partial charge in [0.15, 0.2) is 18.2 Å². The molecule has 228 valence electrons. The van der Waals surface area contributed by atoms with Gasteiger partial charge in [0.05, 0.1) is 12.7 Å². The van der Waals surface area contributed by atoms with E-state index >= 15 is 0 Å². The molecule has 15 heteroatoms. The van der Waals surface area contributed by atoms with Crippen LogP contribution in [0, 0.1) is 0 Å². The van der Waals surface area contributed by atoms with Gasteiger partial charge in [0.1, 0.15) is 64.8 Å². The number of aromatic hydroxyl groups is 3. The number of phenols is 3. The maximum Gasteiger partial charge on any atom is 0.239 e. The highest BCUT2D eigenvalue weighted by atomic mass is 16.8. The van der Waals surface area contributed by atoms with Gasteiger partial charge in [-0.3, -0.25) is 4.79 Å². The maximum atomic E-state index is 13.7. The van der Waals surface area contributed by atoms with Gasteiger partial charge in [-0.15, -0.1) is 0 Å². The largest absolute Gasteiger partial charge is 0.508 e. The predicted molar refractivity (Wildman–Crippen MR) is 139 cm³/mol. The molecule has 0 aliphatic carbocycles. The van der Waals surface area contributed by atoms with Gasteiger partial charge in [-0.25, -0.2) is 0 Å². The molecule has 2 fully saturated rings. The highest BCUT2D eigenvalue weighted by Crippen LogP contribution is 2.38. The smallest absolute Gasteiger partial charge is 0.239 e. The lowest BCUT2D eigenvalue weighted by atomic mass is 9.97. The van der Waals surface area contributed by atoms with Gasteiger partial charge >= 0.3 is 0 Å². The third-order valence-corrected chi connectivity index (χ3v) is 7.21. The molecule has 9 N–H and O–H groups in total. The summed E-state index contributed by atoms with van der Waals surface area (Å²) in [5.41, 5.74) is -0.995. The van der Waals surface area contributed by atoms with E-state index < -0.39 is 96.1 Å². The minimum absolute atomic E-state index is 0.112. The van der Waals surface area contributed by atoms with Gasteiger partial charge in [-0.1, -0.05) is 0 Å². The highest BCUT2D eigenvalue weighted by molar-refractivity contribution is 5.88. The van der Waals surface area contributed by atoms with E-state index in [-0.39, 0.29) is 22.7 Å². The van der Waals surface area contributed by atoms with Crippen molar-refractivity contribution in [2.24, 2.45) is 0 Å². The Balaban J connectivity index is 1.60. The number of rotatable bonds is 6. The number of fused-ring (bicyclic) bond motifs is 1. The third-order valence-electron chi connectivity index (χ3n) is 7.21. The number of hydrogen-bond acceptors (Lipinski definition) is 15. The zero-order valence-corrected chi connectivity index (χ0v) is 21.9. The average molecular weight is 595 g/mol. The summed E-state index contributed by atoms with van der Waals surface area (Å²) in [6.45, 7) is 0.593. The van der Waals surface area contributed by atoms with Crippen LogP contribution >= 0.6 is 0 Å². The first-order valence-corrected chi connectivity index (χ1v) is 12.9. The summed E-state index contributed by atoms with van der Waals surface area (Å²) < 4.78 is 28.5. The van der Waals surface area contributed by atoms with Gasteiger partial charge < -0.3 is 69.3 Å². The van der Waals surface area contributed by atoms with E-state index in [2.05, 4.69) is 0 Å². The van der Waals surface area contributed by atoms with Gasteiger partial charge in [0, 0.05) is 17.7 Å². The Bertz CT molecular complexity index is 1470. The Morgan fingerprint density at radius 1 is 0.810 bits per heavy atom. The van der Waals surface area contributed by atoms with E-state index in [9.17, 15) is 50.8 Å². The molecule has 0 saturated carbocycles. The summed E-state index contributed by atoms with van der Waals surface area (Å²) >= 11 is 0. The first-order valence-electron chi connectivity index (χ1n) is 12.9. The van der Waals surface area contributed by atoms with Crippen LogP contribution in [0.3, 0.4) is 0 Å². The number of ether oxygens (including phenoxy) is 4. The molecule has 15 nitrogen and oxygen atoms in total. The molecule has 0 spiro atoms. The van der Waals surface area contributed by atoms with Crippen LogP contribution in [0.2, 0.25) is 0 Å². The molecule has 2 saturated heterocycles. The molecule has 2 aliphatic rings. The topological polar surface area (TPSA) is 249 Å². The van der Waals surface area contributed by atoms with Crippen LogP contribution in [-0.4, -0.2) is 114 Å². The molecule has 10 atom stereocenters.